The summed E-state index contributed by atoms with van der Waals surface area (Å²) in [6.07, 6.45) is 3.67. The first-order valence-corrected chi connectivity index (χ1v) is 6.94. The molecule has 1 amide bonds. The number of ether oxygens (including phenoxy) is 2. The van der Waals surface area contributed by atoms with Gasteiger partial charge in [0.15, 0.2) is 11.5 Å². The molecule has 1 heterocycles. The van der Waals surface area contributed by atoms with Crippen molar-refractivity contribution in [1.82, 2.24) is 5.43 Å². The quantitative estimate of drug-likeness (QED) is 0.661. The molecule has 0 bridgehead atoms. The molecule has 1 aliphatic heterocycles. The van der Waals surface area contributed by atoms with Crippen molar-refractivity contribution in [3.63, 3.8) is 0 Å². The van der Waals surface area contributed by atoms with Crippen molar-refractivity contribution in [3.8, 4) is 11.5 Å². The van der Waals surface area contributed by atoms with Crippen molar-refractivity contribution < 1.29 is 14.3 Å². The number of fused-ring (bicyclic) bond motifs is 1. The second kappa shape index (κ2) is 5.53. The Bertz CT molecular complexity index is 550. The van der Waals surface area contributed by atoms with Crippen LogP contribution < -0.4 is 14.9 Å². The SMILES string of the molecule is CC(CCc1ccc2c(c1)OCO2)=NNC(=O)C1CC1. The number of hydrogen-bond acceptors (Lipinski definition) is 4. The van der Waals surface area contributed by atoms with Crippen LogP contribution in [0.15, 0.2) is 23.3 Å². The van der Waals surface area contributed by atoms with E-state index in [1.807, 2.05) is 25.1 Å². The zero-order chi connectivity index (χ0) is 13.9. The molecule has 0 radical (unpaired) electrons. The van der Waals surface area contributed by atoms with E-state index >= 15 is 0 Å². The first-order chi connectivity index (χ1) is 9.72. The van der Waals surface area contributed by atoms with E-state index in [9.17, 15) is 4.79 Å². The smallest absolute Gasteiger partial charge is 0.243 e. The van der Waals surface area contributed by atoms with E-state index in [1.165, 1.54) is 5.56 Å². The number of amides is 1. The maximum absolute atomic E-state index is 11.5. The average molecular weight is 274 g/mol. The normalized spacial score (nSPS) is 17.1. The molecule has 106 valence electrons. The van der Waals surface area contributed by atoms with Gasteiger partial charge in [-0.05, 0) is 50.3 Å². The molecule has 1 saturated carbocycles. The lowest BCUT2D eigenvalue weighted by molar-refractivity contribution is -0.122. The molecule has 0 saturated heterocycles. The molecule has 2 aliphatic rings. The van der Waals surface area contributed by atoms with Crippen molar-refractivity contribution >= 4 is 11.6 Å². The first kappa shape index (κ1) is 13.0. The maximum Gasteiger partial charge on any atom is 0.243 e. The molecule has 5 nitrogen and oxygen atoms in total. The largest absolute Gasteiger partial charge is 0.454 e. The highest BCUT2D eigenvalue weighted by Gasteiger charge is 2.29. The number of rotatable bonds is 5. The van der Waals surface area contributed by atoms with Crippen LogP contribution in [-0.4, -0.2) is 18.4 Å². The highest BCUT2D eigenvalue weighted by molar-refractivity contribution is 5.86. The third-order valence-corrected chi connectivity index (χ3v) is 3.52. The molecule has 0 atom stereocenters. The zero-order valence-electron chi connectivity index (χ0n) is 11.5. The van der Waals surface area contributed by atoms with Gasteiger partial charge in [-0.1, -0.05) is 6.07 Å². The average Bonchev–Trinajstić information content (AvgIpc) is 3.20. The summed E-state index contributed by atoms with van der Waals surface area (Å²) in [7, 11) is 0. The standard InChI is InChI=1S/C15H18N2O3/c1-10(16-17-15(18)12-5-6-12)2-3-11-4-7-13-14(8-11)20-9-19-13/h4,7-8,12H,2-3,5-6,9H2,1H3,(H,17,18). The summed E-state index contributed by atoms with van der Waals surface area (Å²) in [4.78, 5) is 11.5. The van der Waals surface area contributed by atoms with Crippen LogP contribution >= 0.6 is 0 Å². The third kappa shape index (κ3) is 3.10. The topological polar surface area (TPSA) is 59.9 Å². The minimum atomic E-state index is 0.0485. The van der Waals surface area contributed by atoms with E-state index in [-0.39, 0.29) is 11.8 Å². The van der Waals surface area contributed by atoms with Crippen LogP contribution in [-0.2, 0) is 11.2 Å². The number of hydrogen-bond donors (Lipinski definition) is 1. The summed E-state index contributed by atoms with van der Waals surface area (Å²) >= 11 is 0. The van der Waals surface area contributed by atoms with Crippen molar-refractivity contribution in [3.05, 3.63) is 23.8 Å². The van der Waals surface area contributed by atoms with Gasteiger partial charge in [0.2, 0.25) is 12.7 Å². The number of hydrazone groups is 1. The van der Waals surface area contributed by atoms with Crippen molar-refractivity contribution in [2.75, 3.05) is 6.79 Å². The molecule has 5 heteroatoms. The molecule has 20 heavy (non-hydrogen) atoms. The molecular weight excluding hydrogens is 256 g/mol. The van der Waals surface area contributed by atoms with E-state index in [0.29, 0.717) is 6.79 Å². The second-order valence-electron chi connectivity index (χ2n) is 5.29. The van der Waals surface area contributed by atoms with Gasteiger partial charge in [-0.3, -0.25) is 4.79 Å². The number of carbonyl (C=O) groups excluding carboxylic acids is 1. The van der Waals surface area contributed by atoms with E-state index in [4.69, 9.17) is 9.47 Å². The predicted molar refractivity (Wildman–Crippen MR) is 74.9 cm³/mol. The summed E-state index contributed by atoms with van der Waals surface area (Å²) in [5.41, 5.74) is 4.73. The van der Waals surface area contributed by atoms with Crippen LogP contribution in [0.2, 0.25) is 0 Å². The van der Waals surface area contributed by atoms with Gasteiger partial charge in [0, 0.05) is 11.6 Å². The van der Waals surface area contributed by atoms with Gasteiger partial charge in [-0.25, -0.2) is 5.43 Å². The van der Waals surface area contributed by atoms with Crippen LogP contribution in [0.1, 0.15) is 31.7 Å². The van der Waals surface area contributed by atoms with E-state index in [1.54, 1.807) is 0 Å². The molecule has 1 aliphatic carbocycles. The molecule has 1 fully saturated rings. The summed E-state index contributed by atoms with van der Waals surface area (Å²) in [6, 6.07) is 5.96. The molecule has 1 N–H and O–H groups in total. The van der Waals surface area contributed by atoms with Crippen LogP contribution in [0.3, 0.4) is 0 Å². The van der Waals surface area contributed by atoms with E-state index in [2.05, 4.69) is 10.5 Å². The maximum atomic E-state index is 11.5. The monoisotopic (exact) mass is 274 g/mol. The highest BCUT2D eigenvalue weighted by atomic mass is 16.7. The summed E-state index contributed by atoms with van der Waals surface area (Å²) < 4.78 is 10.6. The fourth-order valence-corrected chi connectivity index (χ4v) is 2.06. The van der Waals surface area contributed by atoms with Crippen molar-refractivity contribution in [2.45, 2.75) is 32.6 Å². The van der Waals surface area contributed by atoms with Crippen molar-refractivity contribution in [2.24, 2.45) is 11.0 Å². The lowest BCUT2D eigenvalue weighted by atomic mass is 10.1. The van der Waals surface area contributed by atoms with Gasteiger partial charge in [-0.2, -0.15) is 5.10 Å². The Kier molecular flexibility index (Phi) is 3.58. The molecule has 1 aromatic rings. The van der Waals surface area contributed by atoms with Crippen LogP contribution in [0.4, 0.5) is 0 Å². The van der Waals surface area contributed by atoms with Gasteiger partial charge in [-0.15, -0.1) is 0 Å². The van der Waals surface area contributed by atoms with Crippen molar-refractivity contribution in [1.29, 1.82) is 0 Å². The highest BCUT2D eigenvalue weighted by Crippen LogP contribution is 2.32. The summed E-state index contributed by atoms with van der Waals surface area (Å²) in [5, 5.41) is 4.13. The minimum Gasteiger partial charge on any atom is -0.454 e. The molecule has 1 aromatic carbocycles. The Labute approximate surface area is 118 Å². The molecular formula is C15H18N2O3. The van der Waals surface area contributed by atoms with Gasteiger partial charge in [0.25, 0.3) is 0 Å². The number of nitrogens with zero attached hydrogens (tertiary/aromatic N) is 1. The van der Waals surface area contributed by atoms with Crippen LogP contribution in [0, 0.1) is 5.92 Å². The lowest BCUT2D eigenvalue weighted by Gasteiger charge is -2.04. The first-order valence-electron chi connectivity index (χ1n) is 6.94. The Balaban J connectivity index is 1.50. The molecule has 0 aromatic heterocycles. The Morgan fingerprint density at radius 1 is 1.35 bits per heavy atom. The Morgan fingerprint density at radius 3 is 2.95 bits per heavy atom. The number of carbonyl (C=O) groups is 1. The minimum absolute atomic E-state index is 0.0485. The predicted octanol–water partition coefficient (Wildman–Crippen LogP) is 2.25. The van der Waals surface area contributed by atoms with Gasteiger partial charge in [0.1, 0.15) is 0 Å². The van der Waals surface area contributed by atoms with Crippen LogP contribution in [0.25, 0.3) is 0 Å². The second-order valence-corrected chi connectivity index (χ2v) is 5.29. The number of nitrogens with one attached hydrogen (secondary N) is 1. The zero-order valence-corrected chi connectivity index (χ0v) is 11.5. The fraction of sp³-hybridized carbons (Fsp3) is 0.467. The molecule has 0 unspecified atom stereocenters. The molecule has 0 spiro atoms. The van der Waals surface area contributed by atoms with E-state index in [0.717, 1.165) is 42.9 Å². The molecule has 3 rings (SSSR count). The number of aryl methyl sites for hydroxylation is 1. The Hall–Kier alpha value is -2.04. The summed E-state index contributed by atoms with van der Waals surface area (Å²) in [5.74, 6) is 1.85. The van der Waals surface area contributed by atoms with Gasteiger partial charge < -0.3 is 9.47 Å². The number of benzene rings is 1. The van der Waals surface area contributed by atoms with E-state index < -0.39 is 0 Å². The van der Waals surface area contributed by atoms with Crippen LogP contribution in [0.5, 0.6) is 11.5 Å². The Morgan fingerprint density at radius 2 is 2.15 bits per heavy atom. The lowest BCUT2D eigenvalue weighted by Crippen LogP contribution is -2.20. The fourth-order valence-electron chi connectivity index (χ4n) is 2.06. The third-order valence-electron chi connectivity index (χ3n) is 3.52. The van der Waals surface area contributed by atoms with Gasteiger partial charge >= 0.3 is 0 Å². The summed E-state index contributed by atoms with van der Waals surface area (Å²) in [6.45, 7) is 2.23. The van der Waals surface area contributed by atoms with Gasteiger partial charge in [0.05, 0.1) is 0 Å².